The Bertz CT molecular complexity index is 1760. The Labute approximate surface area is 249 Å². The molecule has 0 radical (unpaired) electrons. The average molecular weight is 612 g/mol. The van der Waals surface area contributed by atoms with Gasteiger partial charge in [0.15, 0.2) is 5.82 Å². The summed E-state index contributed by atoms with van der Waals surface area (Å²) in [5.41, 5.74) is 0.0925. The molecule has 7 rings (SSSR count). The fraction of sp³-hybridized carbons (Fsp3) is 0.452. The second-order valence-electron chi connectivity index (χ2n) is 11.7. The minimum atomic E-state index is -0.942. The number of anilines is 1. The van der Waals surface area contributed by atoms with Crippen molar-refractivity contribution in [2.45, 2.75) is 44.3 Å². The van der Waals surface area contributed by atoms with Crippen molar-refractivity contribution in [2.75, 3.05) is 49.2 Å². The van der Waals surface area contributed by atoms with E-state index in [4.69, 9.17) is 4.74 Å². The normalized spacial score (nSPS) is 23.0. The van der Waals surface area contributed by atoms with Gasteiger partial charge >= 0.3 is 6.01 Å². The lowest BCUT2D eigenvalue weighted by molar-refractivity contribution is 0.107. The van der Waals surface area contributed by atoms with Gasteiger partial charge in [-0.3, -0.25) is 14.1 Å². The van der Waals surface area contributed by atoms with Crippen LogP contribution >= 0.6 is 0 Å². The number of fused-ring (bicyclic) bond motifs is 3. The lowest BCUT2D eigenvalue weighted by Gasteiger charge is -2.31. The maximum atomic E-state index is 16.6. The van der Waals surface area contributed by atoms with Gasteiger partial charge in [0.05, 0.1) is 10.9 Å². The SMILES string of the molecule is CCc1c(F)ccc2cc(O)cc(-c3ncc4c(N5CCS(=O)CC5)nc(OC[C@@]56CCCN5C[C@H](F)C6)nc4c3F)c12. The van der Waals surface area contributed by atoms with Crippen molar-refractivity contribution in [3.05, 3.63) is 47.7 Å². The number of phenolic OH excluding ortho intramolecular Hbond substituents is 1. The number of halogens is 3. The number of aromatic nitrogens is 3. The first-order chi connectivity index (χ1) is 20.8. The molecule has 12 heteroatoms. The number of hydrogen-bond donors (Lipinski definition) is 1. The molecular weight excluding hydrogens is 579 g/mol. The van der Waals surface area contributed by atoms with E-state index in [9.17, 15) is 18.1 Å². The molecular formula is C31H32F3N5O3S. The summed E-state index contributed by atoms with van der Waals surface area (Å²) in [5.74, 6) is 0.0443. The van der Waals surface area contributed by atoms with Crippen LogP contribution in [0.2, 0.25) is 0 Å². The van der Waals surface area contributed by atoms with Gasteiger partial charge < -0.3 is 14.7 Å². The van der Waals surface area contributed by atoms with Gasteiger partial charge in [0.1, 0.15) is 41.4 Å². The molecule has 5 heterocycles. The molecule has 3 aliphatic heterocycles. The predicted octanol–water partition coefficient (Wildman–Crippen LogP) is 4.92. The third kappa shape index (κ3) is 4.88. The summed E-state index contributed by atoms with van der Waals surface area (Å²) in [4.78, 5) is 17.7. The Morgan fingerprint density at radius 2 is 1.98 bits per heavy atom. The summed E-state index contributed by atoms with van der Waals surface area (Å²) < 4.78 is 64.1. The Balaban J connectivity index is 1.37. The third-order valence-corrected chi connectivity index (χ3v) is 10.4. The van der Waals surface area contributed by atoms with E-state index in [1.807, 2.05) is 11.8 Å². The molecule has 2 aromatic heterocycles. The Kier molecular flexibility index (Phi) is 7.16. The second kappa shape index (κ2) is 10.9. The topological polar surface area (TPSA) is 91.7 Å². The first-order valence-corrected chi connectivity index (χ1v) is 16.2. The smallest absolute Gasteiger partial charge is 0.319 e. The maximum Gasteiger partial charge on any atom is 0.319 e. The number of phenols is 1. The van der Waals surface area contributed by atoms with Gasteiger partial charge in [-0.2, -0.15) is 9.97 Å². The molecule has 8 nitrogen and oxygen atoms in total. The summed E-state index contributed by atoms with van der Waals surface area (Å²) in [6.45, 7) is 4.09. The number of hydrogen-bond acceptors (Lipinski definition) is 8. The van der Waals surface area contributed by atoms with Crippen LogP contribution < -0.4 is 9.64 Å². The number of rotatable bonds is 6. The van der Waals surface area contributed by atoms with Gasteiger partial charge in [-0.15, -0.1) is 0 Å². The van der Waals surface area contributed by atoms with Crippen molar-refractivity contribution < 1.29 is 27.2 Å². The average Bonchev–Trinajstić information content (AvgIpc) is 3.52. The minimum absolute atomic E-state index is 0.0294. The Morgan fingerprint density at radius 1 is 1.16 bits per heavy atom. The largest absolute Gasteiger partial charge is 0.508 e. The van der Waals surface area contributed by atoms with E-state index in [0.29, 0.717) is 71.5 Å². The van der Waals surface area contributed by atoms with Crippen molar-refractivity contribution >= 4 is 38.3 Å². The first-order valence-electron chi connectivity index (χ1n) is 14.7. The van der Waals surface area contributed by atoms with Crippen LogP contribution in [0.5, 0.6) is 11.8 Å². The number of benzene rings is 2. The van der Waals surface area contributed by atoms with Crippen molar-refractivity contribution in [1.29, 1.82) is 0 Å². The first kappa shape index (κ1) is 28.3. The summed E-state index contributed by atoms with van der Waals surface area (Å²) in [6.07, 6.45) is 3.04. The highest BCUT2D eigenvalue weighted by Crippen LogP contribution is 2.42. The summed E-state index contributed by atoms with van der Waals surface area (Å²) in [7, 11) is -0.942. The van der Waals surface area contributed by atoms with Crippen LogP contribution in [-0.2, 0) is 17.2 Å². The number of pyridine rings is 1. The summed E-state index contributed by atoms with van der Waals surface area (Å²) in [5, 5.41) is 11.9. The van der Waals surface area contributed by atoms with Crippen LogP contribution in [0.15, 0.2) is 30.5 Å². The van der Waals surface area contributed by atoms with Gasteiger partial charge in [-0.05, 0) is 60.3 Å². The van der Waals surface area contributed by atoms with Gasteiger partial charge in [0.2, 0.25) is 0 Å². The fourth-order valence-electron chi connectivity index (χ4n) is 7.04. The molecule has 0 unspecified atom stereocenters. The predicted molar refractivity (Wildman–Crippen MR) is 160 cm³/mol. The zero-order chi connectivity index (χ0) is 29.9. The molecule has 0 bridgehead atoms. The van der Waals surface area contributed by atoms with Gasteiger partial charge in [-0.1, -0.05) is 13.0 Å². The van der Waals surface area contributed by atoms with Gasteiger partial charge in [-0.25, -0.2) is 13.2 Å². The monoisotopic (exact) mass is 611 g/mol. The van der Waals surface area contributed by atoms with Crippen LogP contribution in [0.25, 0.3) is 32.9 Å². The van der Waals surface area contributed by atoms with Gasteiger partial charge in [0, 0.05) is 60.1 Å². The molecule has 2 aromatic carbocycles. The van der Waals surface area contributed by atoms with E-state index in [1.165, 1.54) is 24.4 Å². The summed E-state index contributed by atoms with van der Waals surface area (Å²) in [6, 6.07) is 5.76. The van der Waals surface area contributed by atoms with Crippen molar-refractivity contribution in [3.8, 4) is 23.0 Å². The van der Waals surface area contributed by atoms with Crippen LogP contribution in [0.3, 0.4) is 0 Å². The molecule has 3 saturated heterocycles. The van der Waals surface area contributed by atoms with E-state index >= 15 is 4.39 Å². The molecule has 226 valence electrons. The number of alkyl halides is 1. The number of aryl methyl sites for hydroxylation is 1. The zero-order valence-corrected chi connectivity index (χ0v) is 24.6. The quantitative estimate of drug-likeness (QED) is 0.329. The van der Waals surface area contributed by atoms with E-state index < -0.39 is 34.1 Å². The Morgan fingerprint density at radius 3 is 2.77 bits per heavy atom. The van der Waals surface area contributed by atoms with Gasteiger partial charge in [0.25, 0.3) is 0 Å². The molecule has 1 N–H and O–H groups in total. The maximum absolute atomic E-state index is 16.6. The molecule has 0 spiro atoms. The number of nitrogens with zero attached hydrogens (tertiary/aromatic N) is 5. The molecule has 0 amide bonds. The van der Waals surface area contributed by atoms with Crippen LogP contribution in [-0.4, -0.2) is 85.2 Å². The van der Waals surface area contributed by atoms with Crippen molar-refractivity contribution in [3.63, 3.8) is 0 Å². The highest BCUT2D eigenvalue weighted by Gasteiger charge is 2.49. The molecule has 0 aliphatic carbocycles. The second-order valence-corrected chi connectivity index (χ2v) is 13.4. The number of aromatic hydroxyl groups is 1. The van der Waals surface area contributed by atoms with Crippen molar-refractivity contribution in [1.82, 2.24) is 19.9 Å². The highest BCUT2D eigenvalue weighted by atomic mass is 32.2. The van der Waals surface area contributed by atoms with Crippen molar-refractivity contribution in [2.24, 2.45) is 0 Å². The van der Waals surface area contributed by atoms with E-state index in [0.717, 1.165) is 19.4 Å². The lowest BCUT2D eigenvalue weighted by Crippen LogP contribution is -2.43. The molecule has 3 aliphatic rings. The highest BCUT2D eigenvalue weighted by molar-refractivity contribution is 7.85. The lowest BCUT2D eigenvalue weighted by atomic mass is 9.94. The third-order valence-electron chi connectivity index (χ3n) is 9.11. The number of ether oxygens (including phenoxy) is 1. The fourth-order valence-corrected chi connectivity index (χ4v) is 8.10. The van der Waals surface area contributed by atoms with E-state index in [-0.39, 0.29) is 35.1 Å². The van der Waals surface area contributed by atoms with Crippen LogP contribution in [0.1, 0.15) is 31.7 Å². The molecule has 43 heavy (non-hydrogen) atoms. The molecule has 2 atom stereocenters. The minimum Gasteiger partial charge on any atom is -0.508 e. The van der Waals surface area contributed by atoms with E-state index in [2.05, 4.69) is 19.9 Å². The molecule has 4 aromatic rings. The molecule has 0 saturated carbocycles. The van der Waals surface area contributed by atoms with Crippen LogP contribution in [0.4, 0.5) is 19.0 Å². The summed E-state index contributed by atoms with van der Waals surface area (Å²) >= 11 is 0. The Hall–Kier alpha value is -3.51. The van der Waals surface area contributed by atoms with E-state index in [1.54, 1.807) is 6.07 Å². The molecule has 3 fully saturated rings. The van der Waals surface area contributed by atoms with Crippen LogP contribution in [0, 0.1) is 11.6 Å². The zero-order valence-electron chi connectivity index (χ0n) is 23.8. The standard InChI is InChI=1S/C31H32F3N5O3S/c1-2-21-24(33)5-4-18-12-20(40)13-22(25(18)21)27-26(34)28-23(15-35-27)29(38-8-10-43(41)11-9-38)37-30(36-28)42-17-31-6-3-7-39(31)16-19(32)14-31/h4-5,12-13,15,19,40H,2-3,6-11,14,16-17H2,1H3/t19-,31+/m1/s1.